The van der Waals surface area contributed by atoms with Crippen LogP contribution in [0.4, 0.5) is 18.3 Å². The molecule has 0 N–H and O–H groups in total. The molecule has 1 aromatic rings. The number of nitrogens with zero attached hydrogens (tertiary/aromatic N) is 3. The van der Waals surface area contributed by atoms with E-state index >= 15 is 0 Å². The largest absolute Gasteiger partial charge is 0.435 e. The summed E-state index contributed by atoms with van der Waals surface area (Å²) >= 11 is 3.96. The van der Waals surface area contributed by atoms with Crippen LogP contribution in [-0.4, -0.2) is 41.6 Å². The van der Waals surface area contributed by atoms with Gasteiger partial charge in [-0.05, 0) is 29.8 Å². The van der Waals surface area contributed by atoms with Crippen LogP contribution >= 0.6 is 27.3 Å². The van der Waals surface area contributed by atoms with Gasteiger partial charge in [-0.3, -0.25) is 4.90 Å². The van der Waals surface area contributed by atoms with Crippen LogP contribution in [-0.2, 0) is 6.18 Å². The monoisotopic (exact) mass is 381 g/mol. The molecule has 1 saturated heterocycles. The average molecular weight is 382 g/mol. The molecule has 1 aliphatic heterocycles. The summed E-state index contributed by atoms with van der Waals surface area (Å²) in [6.07, 6.45) is 1.08. The maximum Gasteiger partial charge on any atom is 0.435 e. The molecule has 0 amide bonds. The molecule has 0 saturated carbocycles. The summed E-state index contributed by atoms with van der Waals surface area (Å²) in [4.78, 5) is 7.74. The second-order valence-corrected chi connectivity index (χ2v) is 7.59. The van der Waals surface area contributed by atoms with Crippen molar-refractivity contribution in [1.82, 2.24) is 9.88 Å². The third-order valence-corrected chi connectivity index (χ3v) is 5.30. The number of anilines is 1. The Morgan fingerprint density at radius 3 is 2.24 bits per heavy atom. The van der Waals surface area contributed by atoms with Crippen LogP contribution in [0, 0.1) is 12.3 Å². The Bertz CT molecular complexity index is 554. The highest BCUT2D eigenvalue weighted by molar-refractivity contribution is 9.11. The summed E-state index contributed by atoms with van der Waals surface area (Å²) in [6, 6.07) is 0. The maximum absolute atomic E-state index is 12.8. The number of hydrogen-bond acceptors (Lipinski definition) is 4. The molecular weight excluding hydrogens is 367 g/mol. The smallest absolute Gasteiger partial charge is 0.345 e. The van der Waals surface area contributed by atoms with Crippen molar-refractivity contribution in [2.24, 2.45) is 0 Å². The first-order valence-electron chi connectivity index (χ1n) is 6.36. The number of aromatic nitrogens is 1. The van der Waals surface area contributed by atoms with Crippen LogP contribution in [0.1, 0.15) is 19.5 Å². The van der Waals surface area contributed by atoms with Crippen molar-refractivity contribution in [3.63, 3.8) is 0 Å². The van der Waals surface area contributed by atoms with Gasteiger partial charge in [0, 0.05) is 26.2 Å². The molecule has 0 radical (unpaired) electrons. The second kappa shape index (κ2) is 5.78. The summed E-state index contributed by atoms with van der Waals surface area (Å²) in [5, 5.41) is 0.396. The lowest BCUT2D eigenvalue weighted by Crippen LogP contribution is -2.54. The fourth-order valence-electron chi connectivity index (χ4n) is 2.15. The lowest BCUT2D eigenvalue weighted by atomic mass is 10.0. The lowest BCUT2D eigenvalue weighted by molar-refractivity contribution is -0.141. The molecular formula is C13H15BrF3N3S. The van der Waals surface area contributed by atoms with Crippen LogP contribution in [0.3, 0.4) is 0 Å². The van der Waals surface area contributed by atoms with Gasteiger partial charge in [-0.2, -0.15) is 13.2 Å². The molecule has 116 valence electrons. The summed E-state index contributed by atoms with van der Waals surface area (Å²) in [7, 11) is 0. The highest BCUT2D eigenvalue weighted by atomic mass is 79.9. The molecule has 0 atom stereocenters. The Hall–Kier alpha value is -0.780. The van der Waals surface area contributed by atoms with Crippen LogP contribution in [0.2, 0.25) is 0 Å². The van der Waals surface area contributed by atoms with E-state index in [0.29, 0.717) is 31.3 Å². The first kappa shape index (κ1) is 16.6. The van der Waals surface area contributed by atoms with Gasteiger partial charge < -0.3 is 4.90 Å². The number of halogens is 4. The topological polar surface area (TPSA) is 19.4 Å². The number of piperazine rings is 1. The van der Waals surface area contributed by atoms with Crippen molar-refractivity contribution in [2.45, 2.75) is 25.6 Å². The quantitative estimate of drug-likeness (QED) is 0.731. The number of thiazole rings is 1. The predicted molar refractivity (Wildman–Crippen MR) is 81.5 cm³/mol. The van der Waals surface area contributed by atoms with E-state index in [9.17, 15) is 13.2 Å². The highest BCUT2D eigenvalue weighted by Crippen LogP contribution is 2.40. The van der Waals surface area contributed by atoms with Crippen molar-refractivity contribution < 1.29 is 13.2 Å². The molecule has 3 nitrogen and oxygen atoms in total. The summed E-state index contributed by atoms with van der Waals surface area (Å²) in [5.41, 5.74) is -1.19. The Labute approximate surface area is 134 Å². The molecule has 1 aromatic heterocycles. The minimum Gasteiger partial charge on any atom is -0.345 e. The van der Waals surface area contributed by atoms with E-state index in [0.717, 1.165) is 11.3 Å². The van der Waals surface area contributed by atoms with Gasteiger partial charge in [0.25, 0.3) is 0 Å². The van der Waals surface area contributed by atoms with Gasteiger partial charge in [0.2, 0.25) is 0 Å². The molecule has 2 heterocycles. The van der Waals surface area contributed by atoms with Crippen molar-refractivity contribution in [3.8, 4) is 12.3 Å². The first-order valence-corrected chi connectivity index (χ1v) is 7.97. The van der Waals surface area contributed by atoms with E-state index in [1.807, 2.05) is 18.7 Å². The van der Waals surface area contributed by atoms with Crippen molar-refractivity contribution in [1.29, 1.82) is 0 Å². The minimum absolute atomic E-state index is 0.0244. The first-order chi connectivity index (χ1) is 9.65. The SMILES string of the molecule is C#CC(C)(C)N1CCN(c2nc(C(F)(F)F)c(Br)s2)CC1. The third kappa shape index (κ3) is 3.52. The maximum atomic E-state index is 12.8. The van der Waals surface area contributed by atoms with E-state index in [-0.39, 0.29) is 9.33 Å². The molecule has 21 heavy (non-hydrogen) atoms. The second-order valence-electron chi connectivity index (χ2n) is 5.29. The molecule has 0 bridgehead atoms. The average Bonchev–Trinajstić information content (AvgIpc) is 2.81. The molecule has 8 heteroatoms. The molecule has 0 unspecified atom stereocenters. The Balaban J connectivity index is 2.09. The molecule has 1 aliphatic rings. The van der Waals surface area contributed by atoms with E-state index in [4.69, 9.17) is 6.42 Å². The summed E-state index contributed by atoms with van der Waals surface area (Å²) < 4.78 is 38.3. The van der Waals surface area contributed by atoms with Gasteiger partial charge in [-0.25, -0.2) is 4.98 Å². The van der Waals surface area contributed by atoms with Gasteiger partial charge in [0.15, 0.2) is 10.8 Å². The zero-order chi connectivity index (χ0) is 15.8. The van der Waals surface area contributed by atoms with Crippen molar-refractivity contribution in [2.75, 3.05) is 31.1 Å². The fraction of sp³-hybridized carbons (Fsp3) is 0.615. The zero-order valence-corrected chi connectivity index (χ0v) is 14.1. The Kier molecular flexibility index (Phi) is 4.57. The van der Waals surface area contributed by atoms with Gasteiger partial charge in [-0.1, -0.05) is 17.3 Å². The fourth-order valence-corrected chi connectivity index (χ4v) is 3.76. The number of rotatable bonds is 2. The Morgan fingerprint density at radius 2 is 1.81 bits per heavy atom. The summed E-state index contributed by atoms with van der Waals surface area (Å²) in [6.45, 7) is 6.56. The molecule has 0 aromatic carbocycles. The Morgan fingerprint density at radius 1 is 1.24 bits per heavy atom. The minimum atomic E-state index is -4.43. The van der Waals surface area contributed by atoms with Crippen LogP contribution in [0.25, 0.3) is 0 Å². The summed E-state index contributed by atoms with van der Waals surface area (Å²) in [5.74, 6) is 2.74. The number of terminal acetylenes is 1. The van der Waals surface area contributed by atoms with Gasteiger partial charge in [0.1, 0.15) is 3.79 Å². The van der Waals surface area contributed by atoms with E-state index in [2.05, 4.69) is 31.7 Å². The standard InChI is InChI=1S/C13H15BrF3N3S/c1-4-12(2,3)20-7-5-19(6-8-20)11-18-9(10(14)21-11)13(15,16)17/h1H,5-8H2,2-3H3. The van der Waals surface area contributed by atoms with Gasteiger partial charge in [0.05, 0.1) is 5.54 Å². The zero-order valence-electron chi connectivity index (χ0n) is 11.7. The lowest BCUT2D eigenvalue weighted by Gasteiger charge is -2.41. The molecule has 0 spiro atoms. The highest BCUT2D eigenvalue weighted by Gasteiger charge is 2.38. The van der Waals surface area contributed by atoms with E-state index in [1.165, 1.54) is 0 Å². The predicted octanol–water partition coefficient (Wildman–Crippen LogP) is 3.46. The van der Waals surface area contributed by atoms with Crippen LogP contribution in [0.5, 0.6) is 0 Å². The molecule has 2 rings (SSSR count). The van der Waals surface area contributed by atoms with Gasteiger partial charge in [-0.15, -0.1) is 6.42 Å². The number of alkyl halides is 3. The van der Waals surface area contributed by atoms with Crippen LogP contribution in [0.15, 0.2) is 3.79 Å². The number of hydrogen-bond donors (Lipinski definition) is 0. The van der Waals surface area contributed by atoms with E-state index < -0.39 is 11.9 Å². The van der Waals surface area contributed by atoms with Crippen LogP contribution < -0.4 is 4.90 Å². The van der Waals surface area contributed by atoms with Gasteiger partial charge >= 0.3 is 6.18 Å². The van der Waals surface area contributed by atoms with Crippen molar-refractivity contribution in [3.05, 3.63) is 9.48 Å². The molecule has 0 aliphatic carbocycles. The third-order valence-electron chi connectivity index (χ3n) is 3.54. The van der Waals surface area contributed by atoms with Crippen molar-refractivity contribution >= 4 is 32.4 Å². The molecule has 1 fully saturated rings. The van der Waals surface area contributed by atoms with E-state index in [1.54, 1.807) is 0 Å². The normalized spacial score (nSPS) is 17.9.